The Morgan fingerprint density at radius 3 is 2.73 bits per heavy atom. The van der Waals surface area contributed by atoms with Crippen LogP contribution in [0.4, 0.5) is 0 Å². The lowest BCUT2D eigenvalue weighted by atomic mass is 9.81. The summed E-state index contributed by atoms with van der Waals surface area (Å²) in [6, 6.07) is -0.0573. The number of carbonyl (C=O) groups excluding carboxylic acids is 2. The molecule has 2 N–H and O–H groups in total. The molecule has 0 saturated carbocycles. The Bertz CT molecular complexity index is 893. The van der Waals surface area contributed by atoms with Gasteiger partial charge in [0.05, 0.1) is 23.5 Å². The molecule has 2 aliphatic rings. The average Bonchev–Trinajstić information content (AvgIpc) is 3.13. The van der Waals surface area contributed by atoms with Crippen LogP contribution in [-0.2, 0) is 27.2 Å². The minimum absolute atomic E-state index is 0.0573. The Hall–Kier alpha value is -1.87. The number of nitrogens with one attached hydrogen (secondary N) is 2. The Labute approximate surface area is 185 Å². The highest BCUT2D eigenvalue weighted by Gasteiger charge is 2.41. The highest BCUT2D eigenvalue weighted by Crippen LogP contribution is 2.40. The number of rotatable bonds is 6. The first-order valence-corrected chi connectivity index (χ1v) is 10.4. The molecule has 3 rings (SSSR count). The topological polar surface area (TPSA) is 96.5 Å². The number of hydrogen-bond donors (Lipinski definition) is 2. The number of H-pyrrole nitrogens is 1. The molecule has 0 saturated heterocycles. The van der Waals surface area contributed by atoms with Crippen molar-refractivity contribution in [3.63, 3.8) is 0 Å². The molecule has 1 aromatic rings. The quantitative estimate of drug-likeness (QED) is 0.641. The Morgan fingerprint density at radius 2 is 2.10 bits per heavy atom. The molecule has 1 aliphatic carbocycles. The van der Waals surface area contributed by atoms with Gasteiger partial charge in [-0.2, -0.15) is 5.10 Å². The molecule has 1 aliphatic heterocycles. The van der Waals surface area contributed by atoms with E-state index in [0.29, 0.717) is 28.5 Å². The fourth-order valence-corrected chi connectivity index (χ4v) is 4.21. The summed E-state index contributed by atoms with van der Waals surface area (Å²) >= 11 is 12.3. The van der Waals surface area contributed by atoms with Crippen molar-refractivity contribution in [3.05, 3.63) is 39.2 Å². The van der Waals surface area contributed by atoms with Gasteiger partial charge in [-0.05, 0) is 19.9 Å². The van der Waals surface area contributed by atoms with E-state index < -0.39 is 11.7 Å². The molecule has 2 amide bonds. The number of amides is 2. The lowest BCUT2D eigenvalue weighted by Gasteiger charge is -2.39. The SMILES string of the molecule is COC(CNC(=O)c1n[nH]c2c1CN(C(=O)C1(C)C=CC(Cl)=C(Cl)C1)[C@H](C)C2)OC. The van der Waals surface area contributed by atoms with Gasteiger partial charge in [0, 0.05) is 49.4 Å². The molecule has 8 nitrogen and oxygen atoms in total. The molecule has 164 valence electrons. The summed E-state index contributed by atoms with van der Waals surface area (Å²) in [5.41, 5.74) is 1.05. The van der Waals surface area contributed by atoms with Crippen molar-refractivity contribution in [3.8, 4) is 0 Å². The number of nitrogens with zero attached hydrogens (tertiary/aromatic N) is 2. The molecule has 2 atom stereocenters. The van der Waals surface area contributed by atoms with Gasteiger partial charge in [-0.25, -0.2) is 0 Å². The van der Waals surface area contributed by atoms with E-state index in [1.807, 2.05) is 13.8 Å². The number of methoxy groups -OCH3 is 2. The number of halogens is 2. The smallest absolute Gasteiger partial charge is 0.272 e. The first kappa shape index (κ1) is 22.8. The zero-order chi connectivity index (χ0) is 22.1. The van der Waals surface area contributed by atoms with E-state index in [0.717, 1.165) is 5.69 Å². The van der Waals surface area contributed by atoms with Gasteiger partial charge >= 0.3 is 0 Å². The van der Waals surface area contributed by atoms with E-state index in [4.69, 9.17) is 32.7 Å². The second-order valence-electron chi connectivity index (χ2n) is 7.81. The van der Waals surface area contributed by atoms with Crippen molar-refractivity contribution in [2.24, 2.45) is 5.41 Å². The van der Waals surface area contributed by atoms with Crippen molar-refractivity contribution in [2.45, 2.75) is 45.6 Å². The van der Waals surface area contributed by atoms with Crippen LogP contribution >= 0.6 is 23.2 Å². The molecule has 10 heteroatoms. The Balaban J connectivity index is 1.78. The zero-order valence-electron chi connectivity index (χ0n) is 17.4. The molecule has 0 fully saturated rings. The maximum absolute atomic E-state index is 13.4. The second-order valence-corrected chi connectivity index (χ2v) is 8.67. The predicted molar refractivity (Wildman–Crippen MR) is 113 cm³/mol. The molecule has 30 heavy (non-hydrogen) atoms. The third kappa shape index (κ3) is 4.42. The van der Waals surface area contributed by atoms with Crippen LogP contribution in [-0.4, -0.2) is 60.0 Å². The third-order valence-corrected chi connectivity index (χ3v) is 6.40. The zero-order valence-corrected chi connectivity index (χ0v) is 18.9. The van der Waals surface area contributed by atoms with Gasteiger partial charge in [0.15, 0.2) is 12.0 Å². The number of aromatic amines is 1. The number of hydrogen-bond acceptors (Lipinski definition) is 5. The Kier molecular flexibility index (Phi) is 6.91. The number of carbonyl (C=O) groups is 2. The molecular formula is C20H26Cl2N4O4. The van der Waals surface area contributed by atoms with E-state index in [2.05, 4.69) is 15.5 Å². The van der Waals surface area contributed by atoms with Crippen molar-refractivity contribution in [1.29, 1.82) is 0 Å². The fourth-order valence-electron chi connectivity index (χ4n) is 3.74. The molecule has 0 bridgehead atoms. The van der Waals surface area contributed by atoms with Gasteiger partial charge in [0.25, 0.3) is 5.91 Å². The first-order valence-electron chi connectivity index (χ1n) is 9.64. The third-order valence-electron chi connectivity index (χ3n) is 5.61. The normalized spacial score (nSPS) is 23.7. The molecule has 0 spiro atoms. The van der Waals surface area contributed by atoms with Gasteiger partial charge < -0.3 is 19.7 Å². The van der Waals surface area contributed by atoms with Crippen molar-refractivity contribution in [2.75, 3.05) is 20.8 Å². The summed E-state index contributed by atoms with van der Waals surface area (Å²) in [5, 5.41) is 10.8. The number of ether oxygens (including phenoxy) is 2. The standard InChI is InChI=1S/C20H26Cl2N4O4/c1-11-7-15-12(17(25-24-15)18(27)23-9-16(29-3)30-4)10-26(11)19(28)20(2)6-5-13(21)14(22)8-20/h5-6,11,16H,7-10H2,1-4H3,(H,23,27)(H,24,25)/t11-,20?/m1/s1. The van der Waals surface area contributed by atoms with Crippen LogP contribution in [0.15, 0.2) is 22.2 Å². The maximum Gasteiger partial charge on any atom is 0.272 e. The van der Waals surface area contributed by atoms with Crippen LogP contribution in [0.2, 0.25) is 0 Å². The molecule has 1 unspecified atom stereocenters. The summed E-state index contributed by atoms with van der Waals surface area (Å²) in [5.74, 6) is -0.416. The van der Waals surface area contributed by atoms with Gasteiger partial charge in [-0.3, -0.25) is 14.7 Å². The molecule has 1 aromatic heterocycles. The molecule has 2 heterocycles. The summed E-state index contributed by atoms with van der Waals surface area (Å²) in [4.78, 5) is 27.9. The summed E-state index contributed by atoms with van der Waals surface area (Å²) in [6.07, 6.45) is 3.83. The number of fused-ring (bicyclic) bond motifs is 1. The predicted octanol–water partition coefficient (Wildman–Crippen LogP) is 2.69. The van der Waals surface area contributed by atoms with Gasteiger partial charge in [-0.15, -0.1) is 0 Å². The van der Waals surface area contributed by atoms with Crippen LogP contribution in [0, 0.1) is 5.41 Å². The van der Waals surface area contributed by atoms with E-state index in [1.54, 1.807) is 17.1 Å². The van der Waals surface area contributed by atoms with E-state index in [9.17, 15) is 9.59 Å². The van der Waals surface area contributed by atoms with Crippen LogP contribution in [0.1, 0.15) is 42.0 Å². The van der Waals surface area contributed by atoms with Crippen molar-refractivity contribution < 1.29 is 19.1 Å². The first-order chi connectivity index (χ1) is 14.2. The van der Waals surface area contributed by atoms with Crippen molar-refractivity contribution >= 4 is 35.0 Å². The van der Waals surface area contributed by atoms with Crippen LogP contribution in [0.5, 0.6) is 0 Å². The monoisotopic (exact) mass is 456 g/mol. The van der Waals surface area contributed by atoms with Crippen LogP contribution in [0.25, 0.3) is 0 Å². The van der Waals surface area contributed by atoms with E-state index in [1.165, 1.54) is 14.2 Å². The maximum atomic E-state index is 13.4. The van der Waals surface area contributed by atoms with Crippen LogP contribution in [0.3, 0.4) is 0 Å². The van der Waals surface area contributed by atoms with E-state index >= 15 is 0 Å². The molecule has 0 aromatic carbocycles. The lowest BCUT2D eigenvalue weighted by molar-refractivity contribution is -0.142. The number of aromatic nitrogens is 2. The molecule has 0 radical (unpaired) electrons. The fraction of sp³-hybridized carbons (Fsp3) is 0.550. The largest absolute Gasteiger partial charge is 0.354 e. The van der Waals surface area contributed by atoms with Gasteiger partial charge in [0.1, 0.15) is 0 Å². The Morgan fingerprint density at radius 1 is 1.40 bits per heavy atom. The summed E-state index contributed by atoms with van der Waals surface area (Å²) in [6.45, 7) is 4.29. The van der Waals surface area contributed by atoms with Crippen molar-refractivity contribution in [1.82, 2.24) is 20.4 Å². The van der Waals surface area contributed by atoms with E-state index in [-0.39, 0.29) is 36.6 Å². The lowest BCUT2D eigenvalue weighted by Crippen LogP contribution is -2.49. The molecular weight excluding hydrogens is 431 g/mol. The van der Waals surface area contributed by atoms with Gasteiger partial charge in [-0.1, -0.05) is 29.3 Å². The second kappa shape index (κ2) is 9.09. The minimum atomic E-state index is -0.794. The minimum Gasteiger partial charge on any atom is -0.354 e. The average molecular weight is 457 g/mol. The summed E-state index contributed by atoms with van der Waals surface area (Å²) < 4.78 is 10.2. The van der Waals surface area contributed by atoms with Crippen LogP contribution < -0.4 is 5.32 Å². The van der Waals surface area contributed by atoms with Gasteiger partial charge in [0.2, 0.25) is 5.91 Å². The highest BCUT2D eigenvalue weighted by molar-refractivity contribution is 6.40. The summed E-state index contributed by atoms with van der Waals surface area (Å²) in [7, 11) is 2.99. The number of allylic oxidation sites excluding steroid dienone is 3. The highest BCUT2D eigenvalue weighted by atomic mass is 35.5.